The van der Waals surface area contributed by atoms with E-state index >= 15 is 0 Å². The van der Waals surface area contributed by atoms with Crippen molar-refractivity contribution in [3.8, 4) is 0 Å². The number of carbonyl (C=O) groups is 4. The van der Waals surface area contributed by atoms with Crippen molar-refractivity contribution in [1.29, 1.82) is 0 Å². The van der Waals surface area contributed by atoms with E-state index in [2.05, 4.69) is 28.1 Å². The molecule has 1 aliphatic rings. The van der Waals surface area contributed by atoms with E-state index in [-0.39, 0.29) is 11.6 Å². The first-order valence-electron chi connectivity index (χ1n) is 18.6. The summed E-state index contributed by atoms with van der Waals surface area (Å²) in [6.45, 7) is 1.96. The number of methoxy groups -OCH3 is 1. The van der Waals surface area contributed by atoms with E-state index in [1.165, 1.54) is 35.8 Å². The second-order valence-electron chi connectivity index (χ2n) is 13.7. The number of hydrogen-bond acceptors (Lipinski definition) is 7. The summed E-state index contributed by atoms with van der Waals surface area (Å²) in [6, 6.07) is 43.4. The van der Waals surface area contributed by atoms with Crippen LogP contribution in [0.5, 0.6) is 0 Å². The normalized spacial score (nSPS) is 14.1. The summed E-state index contributed by atoms with van der Waals surface area (Å²) in [7, 11) is 1.36. The third kappa shape index (κ3) is 9.60. The lowest BCUT2D eigenvalue weighted by molar-refractivity contribution is -0.116. The Morgan fingerprint density at radius 1 is 0.807 bits per heavy atom. The van der Waals surface area contributed by atoms with Crippen LogP contribution in [0.2, 0.25) is 0 Å². The number of rotatable bonds is 12. The standard InChI is InChI=1S/C47H41N3O5S2/c1-30-14-12-15-31(26-30)27-39(49-43(51)34-20-10-5-11-21-34)44(52)48-36-22-13-23-37(29-36)56-42(33-18-8-4-9-19-33)45(53)50-46-41(47(54)55-2)38-25-24-35(28-40(38)57-46)32-16-6-3-7-17-32/h3-23,26-27,29,35,42H,24-25,28H2,1-2H3,(H,48,52)(H,49,51)(H,50,53)/b39-27+. The number of fused-ring (bicyclic) bond motifs is 1. The summed E-state index contributed by atoms with van der Waals surface area (Å²) in [5, 5.41) is 8.63. The quantitative estimate of drug-likeness (QED) is 0.0646. The molecule has 57 heavy (non-hydrogen) atoms. The fourth-order valence-corrected chi connectivity index (χ4v) is 9.33. The number of esters is 1. The molecule has 8 nitrogen and oxygen atoms in total. The van der Waals surface area contributed by atoms with Gasteiger partial charge < -0.3 is 20.7 Å². The number of carbonyl (C=O) groups excluding carboxylic acids is 4. The van der Waals surface area contributed by atoms with Gasteiger partial charge in [0, 0.05) is 21.0 Å². The third-order valence-corrected chi connectivity index (χ3v) is 12.1. The molecule has 0 radical (unpaired) electrons. The van der Waals surface area contributed by atoms with Crippen LogP contribution in [0, 0.1) is 6.92 Å². The molecule has 1 aliphatic carbocycles. The Kier molecular flexibility index (Phi) is 12.4. The summed E-state index contributed by atoms with van der Waals surface area (Å²) >= 11 is 2.77. The first kappa shape index (κ1) is 39.0. The Hall–Kier alpha value is -6.23. The fourth-order valence-electron chi connectivity index (χ4n) is 6.93. The maximum Gasteiger partial charge on any atom is 0.341 e. The van der Waals surface area contributed by atoms with Gasteiger partial charge in [0.15, 0.2) is 0 Å². The van der Waals surface area contributed by atoms with Gasteiger partial charge in [0.05, 0.1) is 12.7 Å². The molecular formula is C47H41N3O5S2. The van der Waals surface area contributed by atoms with Crippen molar-refractivity contribution >= 4 is 63.6 Å². The molecule has 0 bridgehead atoms. The lowest BCUT2D eigenvalue weighted by Gasteiger charge is -2.22. The Labute approximate surface area is 340 Å². The minimum Gasteiger partial charge on any atom is -0.465 e. The highest BCUT2D eigenvalue weighted by Gasteiger charge is 2.32. The van der Waals surface area contributed by atoms with Crippen LogP contribution in [-0.4, -0.2) is 30.8 Å². The van der Waals surface area contributed by atoms with E-state index in [4.69, 9.17) is 4.74 Å². The van der Waals surface area contributed by atoms with Gasteiger partial charge in [-0.2, -0.15) is 0 Å². The Morgan fingerprint density at radius 3 is 2.23 bits per heavy atom. The fraction of sp³-hybridized carbons (Fsp3) is 0.149. The summed E-state index contributed by atoms with van der Waals surface area (Å²) in [6.07, 6.45) is 4.02. The van der Waals surface area contributed by atoms with Gasteiger partial charge in [-0.05, 0) is 90.8 Å². The van der Waals surface area contributed by atoms with Crippen molar-refractivity contribution in [2.45, 2.75) is 42.2 Å². The van der Waals surface area contributed by atoms with Crippen LogP contribution in [0.3, 0.4) is 0 Å². The van der Waals surface area contributed by atoms with Gasteiger partial charge in [-0.15, -0.1) is 23.1 Å². The van der Waals surface area contributed by atoms with Crippen molar-refractivity contribution in [2.75, 3.05) is 17.7 Å². The number of amides is 3. The molecule has 6 aromatic rings. The number of benzene rings is 5. The number of thioether (sulfide) groups is 1. The number of thiophene rings is 1. The Balaban J connectivity index is 1.13. The lowest BCUT2D eigenvalue weighted by Crippen LogP contribution is -2.30. The van der Waals surface area contributed by atoms with Gasteiger partial charge in [0.1, 0.15) is 15.9 Å². The van der Waals surface area contributed by atoms with Crippen molar-refractivity contribution in [1.82, 2.24) is 5.32 Å². The zero-order valence-corrected chi connectivity index (χ0v) is 33.1. The summed E-state index contributed by atoms with van der Waals surface area (Å²) in [5.41, 5.74) is 6.14. The molecule has 2 atom stereocenters. The van der Waals surface area contributed by atoms with E-state index in [0.717, 1.165) is 44.9 Å². The van der Waals surface area contributed by atoms with Gasteiger partial charge >= 0.3 is 5.97 Å². The van der Waals surface area contributed by atoms with E-state index in [9.17, 15) is 19.2 Å². The molecule has 1 aromatic heterocycles. The van der Waals surface area contributed by atoms with Gasteiger partial charge in [-0.25, -0.2) is 4.79 Å². The smallest absolute Gasteiger partial charge is 0.341 e. The minimum absolute atomic E-state index is 0.0733. The molecule has 286 valence electrons. The molecule has 1 heterocycles. The molecule has 3 amide bonds. The van der Waals surface area contributed by atoms with Crippen molar-refractivity contribution < 1.29 is 23.9 Å². The molecule has 10 heteroatoms. The minimum atomic E-state index is -0.708. The van der Waals surface area contributed by atoms with E-state index in [1.807, 2.05) is 91.9 Å². The second kappa shape index (κ2) is 18.1. The number of hydrogen-bond donors (Lipinski definition) is 3. The Morgan fingerprint density at radius 2 is 1.51 bits per heavy atom. The summed E-state index contributed by atoms with van der Waals surface area (Å²) < 4.78 is 5.23. The van der Waals surface area contributed by atoms with Crippen molar-refractivity contribution in [3.63, 3.8) is 0 Å². The molecule has 3 N–H and O–H groups in total. The van der Waals surface area contributed by atoms with Crippen LogP contribution >= 0.6 is 23.1 Å². The SMILES string of the molecule is COC(=O)c1c(NC(=O)C(Sc2cccc(NC(=O)/C(=C\c3cccc(C)c3)NC(=O)c3ccccc3)c2)c2ccccc2)sc2c1CCC(c1ccccc1)C2. The molecule has 2 unspecified atom stereocenters. The average Bonchev–Trinajstić information content (AvgIpc) is 3.60. The van der Waals surface area contributed by atoms with Crippen LogP contribution in [0.15, 0.2) is 150 Å². The molecule has 0 saturated heterocycles. The number of ether oxygens (including phenoxy) is 1. The number of aryl methyl sites for hydroxylation is 1. The van der Waals surface area contributed by atoms with Crippen LogP contribution < -0.4 is 16.0 Å². The van der Waals surface area contributed by atoms with Crippen molar-refractivity contribution in [2.24, 2.45) is 0 Å². The van der Waals surface area contributed by atoms with Crippen molar-refractivity contribution in [3.05, 3.63) is 189 Å². The molecule has 0 fully saturated rings. The molecular weight excluding hydrogens is 751 g/mol. The maximum atomic E-state index is 14.4. The zero-order valence-electron chi connectivity index (χ0n) is 31.5. The topological polar surface area (TPSA) is 114 Å². The molecule has 0 saturated carbocycles. The predicted molar refractivity (Wildman–Crippen MR) is 229 cm³/mol. The van der Waals surface area contributed by atoms with Crippen LogP contribution in [0.1, 0.15) is 71.0 Å². The molecule has 0 spiro atoms. The second-order valence-corrected chi connectivity index (χ2v) is 16.0. The van der Waals surface area contributed by atoms with E-state index < -0.39 is 23.0 Å². The van der Waals surface area contributed by atoms with Gasteiger partial charge in [0.2, 0.25) is 5.91 Å². The summed E-state index contributed by atoms with van der Waals surface area (Å²) in [5.74, 6) is -1.36. The highest BCUT2D eigenvalue weighted by molar-refractivity contribution is 8.00. The highest BCUT2D eigenvalue weighted by Crippen LogP contribution is 2.44. The molecule has 7 rings (SSSR count). The third-order valence-electron chi connectivity index (χ3n) is 9.73. The molecule has 5 aromatic carbocycles. The van der Waals surface area contributed by atoms with Gasteiger partial charge in [0.25, 0.3) is 11.8 Å². The largest absolute Gasteiger partial charge is 0.465 e. The van der Waals surface area contributed by atoms with E-state index in [0.29, 0.717) is 34.2 Å². The molecule has 0 aliphatic heterocycles. The Bertz CT molecular complexity index is 2430. The number of anilines is 2. The average molecular weight is 792 g/mol. The predicted octanol–water partition coefficient (Wildman–Crippen LogP) is 10.00. The van der Waals surface area contributed by atoms with Gasteiger partial charge in [-0.1, -0.05) is 115 Å². The first-order valence-corrected chi connectivity index (χ1v) is 20.3. The lowest BCUT2D eigenvalue weighted by atomic mass is 9.83. The highest BCUT2D eigenvalue weighted by atomic mass is 32.2. The van der Waals surface area contributed by atoms with Crippen LogP contribution in [-0.2, 0) is 27.2 Å². The summed E-state index contributed by atoms with van der Waals surface area (Å²) in [4.78, 5) is 56.4. The zero-order chi connectivity index (χ0) is 39.7. The van der Waals surface area contributed by atoms with Crippen LogP contribution in [0.4, 0.5) is 10.7 Å². The number of nitrogens with one attached hydrogen (secondary N) is 3. The monoisotopic (exact) mass is 791 g/mol. The maximum absolute atomic E-state index is 14.4. The van der Waals surface area contributed by atoms with E-state index in [1.54, 1.807) is 48.5 Å². The van der Waals surface area contributed by atoms with Crippen LogP contribution in [0.25, 0.3) is 6.08 Å². The van der Waals surface area contributed by atoms with Gasteiger partial charge in [-0.3, -0.25) is 14.4 Å². The first-order chi connectivity index (χ1) is 27.7.